The number of carbonyl (C=O) groups is 1. The number of carbonyl (C=O) groups excluding carboxylic acids is 1. The molecular weight excluding hydrogens is 271 g/mol. The van der Waals surface area contributed by atoms with Crippen molar-refractivity contribution >= 4 is 11.7 Å². The molecule has 0 aliphatic heterocycles. The van der Waals surface area contributed by atoms with E-state index in [4.69, 9.17) is 4.74 Å². The van der Waals surface area contributed by atoms with Crippen LogP contribution in [0.3, 0.4) is 0 Å². The van der Waals surface area contributed by atoms with E-state index in [0.717, 1.165) is 0 Å². The first-order valence-corrected chi connectivity index (χ1v) is 7.34. The van der Waals surface area contributed by atoms with Crippen LogP contribution in [0, 0.1) is 5.82 Å². The molecule has 0 saturated heterocycles. The molecule has 0 aliphatic carbocycles. The number of rotatable bonds is 8. The number of ether oxygens (including phenoxy) is 1. The van der Waals surface area contributed by atoms with Gasteiger partial charge in [-0.25, -0.2) is 4.39 Å². The molecule has 0 radical (unpaired) electrons. The van der Waals surface area contributed by atoms with E-state index in [1.54, 1.807) is 33.0 Å². The molecule has 1 aromatic carbocycles. The van der Waals surface area contributed by atoms with Gasteiger partial charge in [-0.2, -0.15) is 0 Å². The van der Waals surface area contributed by atoms with Gasteiger partial charge in [0.15, 0.2) is 0 Å². The zero-order chi connectivity index (χ0) is 15.9. The van der Waals surface area contributed by atoms with Gasteiger partial charge in [0.1, 0.15) is 11.4 Å². The third-order valence-corrected chi connectivity index (χ3v) is 3.73. The molecule has 1 rings (SSSR count). The molecule has 118 valence electrons. The number of nitrogens with one attached hydrogen (secondary N) is 1. The van der Waals surface area contributed by atoms with Crippen LogP contribution in [-0.2, 0) is 9.53 Å². The normalized spacial score (nSPS) is 13.6. The first-order valence-electron chi connectivity index (χ1n) is 7.34. The Labute approximate surface area is 126 Å². The molecule has 4 nitrogen and oxygen atoms in total. The van der Waals surface area contributed by atoms with Gasteiger partial charge >= 0.3 is 5.97 Å². The Balaban J connectivity index is 2.78. The van der Waals surface area contributed by atoms with Crippen LogP contribution in [0.5, 0.6) is 0 Å². The molecule has 0 fully saturated rings. The fraction of sp³-hybridized carbons (Fsp3) is 0.562. The number of hydrogen-bond acceptors (Lipinski definition) is 4. The maximum Gasteiger partial charge on any atom is 0.326 e. The molecule has 21 heavy (non-hydrogen) atoms. The highest BCUT2D eigenvalue weighted by Gasteiger charge is 2.33. The van der Waals surface area contributed by atoms with Crippen molar-refractivity contribution in [2.45, 2.75) is 32.7 Å². The lowest BCUT2D eigenvalue weighted by molar-refractivity contribution is -0.150. The Morgan fingerprint density at radius 3 is 2.57 bits per heavy atom. The summed E-state index contributed by atoms with van der Waals surface area (Å²) in [7, 11) is 1.73. The molecule has 0 saturated carbocycles. The maximum absolute atomic E-state index is 13.9. The Kier molecular flexibility index (Phi) is 6.62. The smallest absolute Gasteiger partial charge is 0.326 e. The Hall–Kier alpha value is -1.62. The summed E-state index contributed by atoms with van der Waals surface area (Å²) in [5, 5.41) is 3.01. The maximum atomic E-state index is 13.9. The Morgan fingerprint density at radius 1 is 1.38 bits per heavy atom. The van der Waals surface area contributed by atoms with E-state index in [1.807, 2.05) is 17.9 Å². The van der Waals surface area contributed by atoms with Crippen molar-refractivity contribution < 1.29 is 13.9 Å². The van der Waals surface area contributed by atoms with Gasteiger partial charge in [0.2, 0.25) is 0 Å². The van der Waals surface area contributed by atoms with Crippen molar-refractivity contribution in [2.24, 2.45) is 0 Å². The summed E-state index contributed by atoms with van der Waals surface area (Å²) in [6.45, 7) is 7.14. The van der Waals surface area contributed by atoms with Crippen molar-refractivity contribution in [2.75, 3.05) is 31.6 Å². The topological polar surface area (TPSA) is 41.6 Å². The molecule has 0 heterocycles. The van der Waals surface area contributed by atoms with Gasteiger partial charge in [-0.15, -0.1) is 0 Å². The van der Waals surface area contributed by atoms with Crippen molar-refractivity contribution in [3.05, 3.63) is 30.1 Å². The summed E-state index contributed by atoms with van der Waals surface area (Å²) in [5.41, 5.74) is -0.211. The highest BCUT2D eigenvalue weighted by Crippen LogP contribution is 2.21. The molecular formula is C16H25FN2O2. The van der Waals surface area contributed by atoms with Crippen LogP contribution in [0.4, 0.5) is 10.1 Å². The molecule has 0 aromatic heterocycles. The zero-order valence-electron chi connectivity index (χ0n) is 13.3. The summed E-state index contributed by atoms with van der Waals surface area (Å²) in [5.74, 6) is -0.529. The van der Waals surface area contributed by atoms with E-state index in [-0.39, 0.29) is 11.8 Å². The lowest BCUT2D eigenvalue weighted by Crippen LogP contribution is -2.50. The highest BCUT2D eigenvalue weighted by molar-refractivity contribution is 5.80. The first kappa shape index (κ1) is 17.4. The van der Waals surface area contributed by atoms with Crippen LogP contribution in [0.1, 0.15) is 27.2 Å². The highest BCUT2D eigenvalue weighted by atomic mass is 19.1. The summed E-state index contributed by atoms with van der Waals surface area (Å²) in [6, 6.07) is 6.67. The Bertz CT molecular complexity index is 467. The van der Waals surface area contributed by atoms with Crippen LogP contribution >= 0.6 is 0 Å². The van der Waals surface area contributed by atoms with E-state index in [1.165, 1.54) is 6.07 Å². The third-order valence-electron chi connectivity index (χ3n) is 3.73. The lowest BCUT2D eigenvalue weighted by Gasteiger charge is -2.31. The number of hydrogen-bond donors (Lipinski definition) is 1. The summed E-state index contributed by atoms with van der Waals surface area (Å²) < 4.78 is 19.0. The number of halogens is 1. The van der Waals surface area contributed by atoms with Crippen LogP contribution in [0.2, 0.25) is 0 Å². The molecule has 5 heteroatoms. The second kappa shape index (κ2) is 7.98. The molecule has 1 atom stereocenters. The molecule has 0 bridgehead atoms. The van der Waals surface area contributed by atoms with Gasteiger partial charge in [0, 0.05) is 13.1 Å². The second-order valence-electron chi connectivity index (χ2n) is 5.08. The monoisotopic (exact) mass is 296 g/mol. The predicted octanol–water partition coefficient (Wildman–Crippen LogP) is 2.58. The molecule has 0 amide bonds. The van der Waals surface area contributed by atoms with Crippen molar-refractivity contribution in [3.63, 3.8) is 0 Å². The Morgan fingerprint density at radius 2 is 2.05 bits per heavy atom. The van der Waals surface area contributed by atoms with Crippen LogP contribution in [0.15, 0.2) is 24.3 Å². The minimum Gasteiger partial charge on any atom is -0.465 e. The molecule has 1 unspecified atom stereocenters. The second-order valence-corrected chi connectivity index (χ2v) is 5.08. The standard InChI is InChI=1S/C16H25FN2O2/c1-5-19(14-10-8-7-9-13(14)17)12-11-16(3,18-4)15(20)21-6-2/h7-10,18H,5-6,11-12H2,1-4H3. The van der Waals surface area contributed by atoms with Gasteiger partial charge in [0.05, 0.1) is 12.3 Å². The van der Waals surface area contributed by atoms with Gasteiger partial charge in [-0.3, -0.25) is 4.79 Å². The van der Waals surface area contributed by atoms with Gasteiger partial charge in [0.25, 0.3) is 0 Å². The number of para-hydroxylation sites is 1. The van der Waals surface area contributed by atoms with Crippen molar-refractivity contribution in [3.8, 4) is 0 Å². The fourth-order valence-electron chi connectivity index (χ4n) is 2.14. The van der Waals surface area contributed by atoms with E-state index < -0.39 is 5.54 Å². The van der Waals surface area contributed by atoms with Crippen molar-refractivity contribution in [1.29, 1.82) is 0 Å². The molecule has 0 spiro atoms. The first-order chi connectivity index (χ1) is 9.98. The summed E-state index contributed by atoms with van der Waals surface area (Å²) in [4.78, 5) is 13.9. The van der Waals surface area contributed by atoms with Crippen LogP contribution in [0.25, 0.3) is 0 Å². The lowest BCUT2D eigenvalue weighted by atomic mass is 9.97. The van der Waals surface area contributed by atoms with E-state index >= 15 is 0 Å². The van der Waals surface area contributed by atoms with E-state index in [2.05, 4.69) is 5.32 Å². The van der Waals surface area contributed by atoms with E-state index in [9.17, 15) is 9.18 Å². The van der Waals surface area contributed by atoms with Gasteiger partial charge in [-0.05, 0) is 46.4 Å². The van der Waals surface area contributed by atoms with Crippen molar-refractivity contribution in [1.82, 2.24) is 5.32 Å². The van der Waals surface area contributed by atoms with E-state index in [0.29, 0.717) is 31.8 Å². The number of anilines is 1. The predicted molar refractivity (Wildman–Crippen MR) is 83.0 cm³/mol. The third kappa shape index (κ3) is 4.43. The largest absolute Gasteiger partial charge is 0.465 e. The van der Waals surface area contributed by atoms with Gasteiger partial charge in [-0.1, -0.05) is 12.1 Å². The van der Waals surface area contributed by atoms with Gasteiger partial charge < -0.3 is 15.0 Å². The van der Waals surface area contributed by atoms with Crippen LogP contribution in [-0.4, -0.2) is 38.3 Å². The number of esters is 1. The average molecular weight is 296 g/mol. The minimum atomic E-state index is -0.769. The van der Waals surface area contributed by atoms with Crippen LogP contribution < -0.4 is 10.2 Å². The SMILES string of the molecule is CCOC(=O)C(C)(CCN(CC)c1ccccc1F)NC. The molecule has 0 aliphatic rings. The quantitative estimate of drug-likeness (QED) is 0.749. The molecule has 1 aromatic rings. The zero-order valence-corrected chi connectivity index (χ0v) is 13.3. The number of likely N-dealkylation sites (N-methyl/N-ethyl adjacent to an activating group) is 1. The number of nitrogens with zero attached hydrogens (tertiary/aromatic N) is 1. The number of benzene rings is 1. The molecule has 1 N–H and O–H groups in total. The summed E-state index contributed by atoms with van der Waals surface area (Å²) >= 11 is 0. The summed E-state index contributed by atoms with van der Waals surface area (Å²) in [6.07, 6.45) is 0.532. The minimum absolute atomic E-state index is 0.248. The fourth-order valence-corrected chi connectivity index (χ4v) is 2.14. The average Bonchev–Trinajstić information content (AvgIpc) is 2.49.